The summed E-state index contributed by atoms with van der Waals surface area (Å²) < 4.78 is 5.48. The van der Waals surface area contributed by atoms with Crippen LogP contribution in [0.25, 0.3) is 10.4 Å². The first-order valence-corrected chi connectivity index (χ1v) is 7.12. The van der Waals surface area contributed by atoms with Gasteiger partial charge in [0.25, 0.3) is 0 Å². The van der Waals surface area contributed by atoms with Crippen molar-refractivity contribution in [2.45, 2.75) is 26.2 Å². The zero-order valence-electron chi connectivity index (χ0n) is 12.3. The molecule has 108 valence electrons. The van der Waals surface area contributed by atoms with Gasteiger partial charge in [-0.3, -0.25) is 0 Å². The molecule has 2 aromatic rings. The quantitative estimate of drug-likeness (QED) is 0.348. The van der Waals surface area contributed by atoms with E-state index in [1.807, 2.05) is 37.3 Å². The van der Waals surface area contributed by atoms with E-state index in [0.717, 1.165) is 27.8 Å². The molecule has 0 radical (unpaired) electrons. The Morgan fingerprint density at radius 1 is 1.14 bits per heavy atom. The lowest BCUT2D eigenvalue weighted by atomic mass is 9.96. The van der Waals surface area contributed by atoms with Crippen LogP contribution in [0.5, 0.6) is 0 Å². The van der Waals surface area contributed by atoms with E-state index in [2.05, 4.69) is 34.0 Å². The second kappa shape index (κ2) is 6.36. The maximum absolute atomic E-state index is 8.69. The van der Waals surface area contributed by atoms with Crippen LogP contribution in [0.2, 0.25) is 0 Å². The maximum atomic E-state index is 8.69. The minimum atomic E-state index is -0.254. The fraction of sp³-hybridized carbons (Fsp3) is 0.222. The Morgan fingerprint density at radius 3 is 2.59 bits per heavy atom. The summed E-state index contributed by atoms with van der Waals surface area (Å²) in [4.78, 5) is 2.91. The van der Waals surface area contributed by atoms with Crippen LogP contribution < -0.4 is 0 Å². The fourth-order valence-corrected chi connectivity index (χ4v) is 2.50. The van der Waals surface area contributed by atoms with Gasteiger partial charge in [-0.1, -0.05) is 48.1 Å². The van der Waals surface area contributed by atoms with Crippen LogP contribution >= 0.6 is 0 Å². The smallest absolute Gasteiger partial charge is 0.0725 e. The third kappa shape index (κ3) is 2.96. The lowest BCUT2D eigenvalue weighted by Gasteiger charge is -2.10. The van der Waals surface area contributed by atoms with Gasteiger partial charge in [0.05, 0.1) is 19.3 Å². The van der Waals surface area contributed by atoms with Gasteiger partial charge in [-0.15, -0.1) is 0 Å². The predicted octanol–water partition coefficient (Wildman–Crippen LogP) is 4.49. The first-order chi connectivity index (χ1) is 10.8. The van der Waals surface area contributed by atoms with Crippen molar-refractivity contribution in [1.29, 1.82) is 0 Å². The average molecular weight is 289 g/mol. The maximum Gasteiger partial charge on any atom is 0.0725 e. The molecule has 4 nitrogen and oxygen atoms in total. The highest BCUT2D eigenvalue weighted by atomic mass is 16.5. The molecule has 0 bridgehead atoms. The van der Waals surface area contributed by atoms with Crippen LogP contribution in [0, 0.1) is 11.8 Å². The van der Waals surface area contributed by atoms with Gasteiger partial charge in [0.2, 0.25) is 0 Å². The number of hydrogen-bond acceptors (Lipinski definition) is 2. The average Bonchev–Trinajstić information content (AvgIpc) is 3.00. The van der Waals surface area contributed by atoms with Gasteiger partial charge in [0, 0.05) is 16.0 Å². The Morgan fingerprint density at radius 2 is 1.86 bits per heavy atom. The van der Waals surface area contributed by atoms with E-state index in [9.17, 15) is 0 Å². The zero-order chi connectivity index (χ0) is 15.4. The van der Waals surface area contributed by atoms with Crippen molar-refractivity contribution in [2.75, 3.05) is 0 Å². The molecule has 0 fully saturated rings. The van der Waals surface area contributed by atoms with Crippen molar-refractivity contribution >= 4 is 0 Å². The highest BCUT2D eigenvalue weighted by molar-refractivity contribution is 5.51. The molecule has 1 unspecified atom stereocenters. The van der Waals surface area contributed by atoms with E-state index in [0.29, 0.717) is 13.2 Å². The molecule has 0 aromatic heterocycles. The molecule has 0 N–H and O–H groups in total. The monoisotopic (exact) mass is 289 g/mol. The summed E-state index contributed by atoms with van der Waals surface area (Å²) in [7, 11) is 0. The summed E-state index contributed by atoms with van der Waals surface area (Å²) in [5.74, 6) is 6.37. The molecule has 1 atom stereocenters. The Hall–Kier alpha value is -2.73. The summed E-state index contributed by atoms with van der Waals surface area (Å²) in [5, 5.41) is 3.81. The molecule has 3 rings (SSSR count). The predicted molar refractivity (Wildman–Crippen MR) is 84.9 cm³/mol. The van der Waals surface area contributed by atoms with E-state index in [1.54, 1.807) is 0 Å². The lowest BCUT2D eigenvalue weighted by Crippen LogP contribution is -1.97. The number of rotatable bonds is 2. The second-order valence-electron chi connectivity index (χ2n) is 5.20. The van der Waals surface area contributed by atoms with E-state index in [4.69, 9.17) is 10.3 Å². The SMILES string of the molecule is CC(N=[N+]=[N-])c1cc2c(cc1C#Cc1ccccc1)COC2. The third-order valence-corrected chi connectivity index (χ3v) is 3.68. The molecule has 1 heterocycles. The summed E-state index contributed by atoms with van der Waals surface area (Å²) in [6, 6.07) is 13.7. The van der Waals surface area contributed by atoms with Crippen molar-refractivity contribution < 1.29 is 4.74 Å². The molecule has 4 heteroatoms. The highest BCUT2D eigenvalue weighted by Crippen LogP contribution is 2.29. The number of nitrogens with zero attached hydrogens (tertiary/aromatic N) is 3. The topological polar surface area (TPSA) is 58.0 Å². The van der Waals surface area contributed by atoms with Gasteiger partial charge in [0.1, 0.15) is 0 Å². The van der Waals surface area contributed by atoms with E-state index in [1.165, 1.54) is 0 Å². The largest absolute Gasteiger partial charge is 0.372 e. The normalized spacial score (nSPS) is 13.5. The first kappa shape index (κ1) is 14.2. The van der Waals surface area contributed by atoms with Gasteiger partial charge in [-0.05, 0) is 40.4 Å². The molecule has 22 heavy (non-hydrogen) atoms. The summed E-state index contributed by atoms with van der Waals surface area (Å²) >= 11 is 0. The van der Waals surface area contributed by atoms with Crippen molar-refractivity contribution in [3.63, 3.8) is 0 Å². The van der Waals surface area contributed by atoms with Crippen LogP contribution in [-0.4, -0.2) is 0 Å². The van der Waals surface area contributed by atoms with E-state index >= 15 is 0 Å². The molecule has 0 saturated heterocycles. The molecule has 0 saturated carbocycles. The van der Waals surface area contributed by atoms with Gasteiger partial charge in [-0.2, -0.15) is 0 Å². The standard InChI is InChI=1S/C18H15N3O/c1-13(20-21-19)18-10-17-12-22-11-16(17)9-15(18)8-7-14-5-3-2-4-6-14/h2-6,9-10,13H,11-12H2,1H3. The molecule has 0 spiro atoms. The number of fused-ring (bicyclic) bond motifs is 1. The molecule has 2 aromatic carbocycles. The van der Waals surface area contributed by atoms with Crippen molar-refractivity contribution in [2.24, 2.45) is 5.11 Å². The zero-order valence-corrected chi connectivity index (χ0v) is 12.3. The summed E-state index contributed by atoms with van der Waals surface area (Å²) in [6.45, 7) is 3.11. The minimum absolute atomic E-state index is 0.254. The lowest BCUT2D eigenvalue weighted by molar-refractivity contribution is 0.134. The number of ether oxygens (including phenoxy) is 1. The van der Waals surface area contributed by atoms with Crippen LogP contribution in [0.15, 0.2) is 47.6 Å². The van der Waals surface area contributed by atoms with Crippen molar-refractivity contribution in [1.82, 2.24) is 0 Å². The van der Waals surface area contributed by atoms with Crippen LogP contribution in [0.3, 0.4) is 0 Å². The Kier molecular flexibility index (Phi) is 4.11. The fourth-order valence-electron chi connectivity index (χ4n) is 2.50. The van der Waals surface area contributed by atoms with E-state index in [-0.39, 0.29) is 6.04 Å². The molecular formula is C18H15N3O. The van der Waals surface area contributed by atoms with Gasteiger partial charge in [-0.25, -0.2) is 0 Å². The summed E-state index contributed by atoms with van der Waals surface area (Å²) in [6.07, 6.45) is 0. The molecule has 0 aliphatic carbocycles. The molecule has 0 amide bonds. The molecule has 1 aliphatic heterocycles. The van der Waals surface area contributed by atoms with Crippen LogP contribution in [0.1, 0.15) is 40.8 Å². The first-order valence-electron chi connectivity index (χ1n) is 7.12. The van der Waals surface area contributed by atoms with E-state index < -0.39 is 0 Å². The summed E-state index contributed by atoms with van der Waals surface area (Å²) in [5.41, 5.74) is 13.8. The third-order valence-electron chi connectivity index (χ3n) is 3.68. The molecular weight excluding hydrogens is 274 g/mol. The molecule has 1 aliphatic rings. The van der Waals surface area contributed by atoms with Gasteiger partial charge in [0.15, 0.2) is 0 Å². The second-order valence-corrected chi connectivity index (χ2v) is 5.20. The van der Waals surface area contributed by atoms with Crippen molar-refractivity contribution in [3.05, 3.63) is 80.7 Å². The Balaban J connectivity index is 2.05. The van der Waals surface area contributed by atoms with Crippen LogP contribution in [0.4, 0.5) is 0 Å². The minimum Gasteiger partial charge on any atom is -0.372 e. The van der Waals surface area contributed by atoms with Gasteiger partial charge >= 0.3 is 0 Å². The van der Waals surface area contributed by atoms with Crippen LogP contribution in [-0.2, 0) is 18.0 Å². The Bertz CT molecular complexity index is 796. The highest BCUT2D eigenvalue weighted by Gasteiger charge is 2.17. The Labute approximate surface area is 129 Å². The van der Waals surface area contributed by atoms with Gasteiger partial charge < -0.3 is 4.74 Å². The number of azide groups is 1. The number of hydrogen-bond donors (Lipinski definition) is 0. The number of benzene rings is 2. The van der Waals surface area contributed by atoms with Crippen molar-refractivity contribution in [3.8, 4) is 11.8 Å².